The number of hydrogen-bond donors (Lipinski definition) is 1. The van der Waals surface area contributed by atoms with Crippen LogP contribution in [0.5, 0.6) is 0 Å². The van der Waals surface area contributed by atoms with E-state index in [1.54, 1.807) is 4.90 Å². The first kappa shape index (κ1) is 15.7. The molecule has 1 aliphatic carbocycles. The molecule has 0 unspecified atom stereocenters. The Morgan fingerprint density at radius 3 is 2.45 bits per heavy atom. The third-order valence-electron chi connectivity index (χ3n) is 4.44. The lowest BCUT2D eigenvalue weighted by Crippen LogP contribution is -2.31. The van der Waals surface area contributed by atoms with E-state index in [1.165, 1.54) is 24.3 Å². The number of likely N-dealkylation sites (tertiary alicyclic amines) is 1. The van der Waals surface area contributed by atoms with Gasteiger partial charge in [0.25, 0.3) is 5.91 Å². The fourth-order valence-electron chi connectivity index (χ4n) is 3.38. The molecule has 0 aromatic heterocycles. The average molecular weight is 331 g/mol. The number of halogens is 3. The number of nitrogens with zero attached hydrogens (tertiary/aromatic N) is 1. The highest BCUT2D eigenvalue weighted by Gasteiger charge is 2.43. The van der Waals surface area contributed by atoms with Gasteiger partial charge in [-0.25, -0.2) is 0 Å². The SMILES string of the molecule is O=C(c1ccc(SC(F)(F)F)cc1)N1C[C@@H]2CC[C@@H](O)[C@@H]2C1. The molecule has 7 heteroatoms. The van der Waals surface area contributed by atoms with E-state index in [9.17, 15) is 23.1 Å². The molecule has 3 rings (SSSR count). The van der Waals surface area contributed by atoms with Crippen molar-refractivity contribution in [3.8, 4) is 0 Å². The number of carbonyl (C=O) groups excluding carboxylic acids is 1. The van der Waals surface area contributed by atoms with Crippen LogP contribution in [0, 0.1) is 11.8 Å². The van der Waals surface area contributed by atoms with Gasteiger partial charge in [-0.05, 0) is 54.8 Å². The lowest BCUT2D eigenvalue weighted by Gasteiger charge is -2.18. The van der Waals surface area contributed by atoms with Gasteiger partial charge < -0.3 is 10.0 Å². The highest BCUT2D eigenvalue weighted by Crippen LogP contribution is 2.39. The summed E-state index contributed by atoms with van der Waals surface area (Å²) in [6.07, 6.45) is 1.38. The number of thioether (sulfide) groups is 1. The standard InChI is InChI=1S/C15H16F3NO2S/c16-15(17,18)22-11-4-1-9(2-5-11)14(21)19-7-10-3-6-13(20)12(10)8-19/h1-2,4-5,10,12-13,20H,3,6-8H2/t10-,12+,13+/m0/s1. The molecule has 3 nitrogen and oxygen atoms in total. The lowest BCUT2D eigenvalue weighted by molar-refractivity contribution is -0.0328. The summed E-state index contributed by atoms with van der Waals surface area (Å²) in [5.74, 6) is 0.313. The van der Waals surface area contributed by atoms with Gasteiger partial charge in [-0.15, -0.1) is 0 Å². The molecule has 1 saturated carbocycles. The zero-order valence-corrected chi connectivity index (χ0v) is 12.5. The van der Waals surface area contributed by atoms with Gasteiger partial charge in [0.05, 0.1) is 6.10 Å². The van der Waals surface area contributed by atoms with Crippen molar-refractivity contribution in [2.24, 2.45) is 11.8 Å². The van der Waals surface area contributed by atoms with Gasteiger partial charge in [-0.2, -0.15) is 13.2 Å². The zero-order valence-electron chi connectivity index (χ0n) is 11.7. The fraction of sp³-hybridized carbons (Fsp3) is 0.533. The summed E-state index contributed by atoms with van der Waals surface area (Å²) in [6.45, 7) is 1.16. The smallest absolute Gasteiger partial charge is 0.393 e. The fourth-order valence-corrected chi connectivity index (χ4v) is 3.92. The number of aliphatic hydroxyl groups is 1. The van der Waals surface area contributed by atoms with Crippen LogP contribution in [0.15, 0.2) is 29.2 Å². The normalized spacial score (nSPS) is 28.0. The predicted octanol–water partition coefficient (Wildman–Crippen LogP) is 3.14. The van der Waals surface area contributed by atoms with Crippen LogP contribution in [0.3, 0.4) is 0 Å². The molecule has 1 aromatic carbocycles. The highest BCUT2D eigenvalue weighted by molar-refractivity contribution is 8.00. The Kier molecular flexibility index (Phi) is 4.11. The van der Waals surface area contributed by atoms with Crippen molar-refractivity contribution in [1.82, 2.24) is 4.90 Å². The minimum Gasteiger partial charge on any atom is -0.393 e. The van der Waals surface area contributed by atoms with E-state index in [0.29, 0.717) is 24.6 Å². The highest BCUT2D eigenvalue weighted by atomic mass is 32.2. The minimum atomic E-state index is -4.33. The molecule has 1 aliphatic heterocycles. The Hall–Kier alpha value is -1.21. The van der Waals surface area contributed by atoms with Gasteiger partial charge in [0, 0.05) is 29.5 Å². The van der Waals surface area contributed by atoms with Crippen molar-refractivity contribution < 1.29 is 23.1 Å². The molecule has 2 fully saturated rings. The van der Waals surface area contributed by atoms with Gasteiger partial charge in [0.15, 0.2) is 0 Å². The second-order valence-electron chi connectivity index (χ2n) is 5.85. The summed E-state index contributed by atoms with van der Waals surface area (Å²) >= 11 is -0.191. The second kappa shape index (κ2) is 5.77. The summed E-state index contributed by atoms with van der Waals surface area (Å²) in [7, 11) is 0. The average Bonchev–Trinajstić information content (AvgIpc) is 3.00. The maximum absolute atomic E-state index is 12.4. The number of rotatable bonds is 2. The molecule has 22 heavy (non-hydrogen) atoms. The lowest BCUT2D eigenvalue weighted by atomic mass is 10.00. The van der Waals surface area contributed by atoms with Crippen LogP contribution in [0.2, 0.25) is 0 Å². The molecule has 120 valence electrons. The Labute approximate surface area is 130 Å². The summed E-state index contributed by atoms with van der Waals surface area (Å²) in [6, 6.07) is 5.50. The van der Waals surface area contributed by atoms with Crippen molar-refractivity contribution in [1.29, 1.82) is 0 Å². The molecule has 3 atom stereocenters. The predicted molar refractivity (Wildman–Crippen MR) is 76.5 cm³/mol. The number of aliphatic hydroxyl groups excluding tert-OH is 1. The molecule has 1 amide bonds. The molecular formula is C15H16F3NO2S. The summed E-state index contributed by atoms with van der Waals surface area (Å²) in [5.41, 5.74) is -3.94. The Bertz CT molecular complexity index is 561. The minimum absolute atomic E-state index is 0.0674. The van der Waals surface area contributed by atoms with E-state index >= 15 is 0 Å². The van der Waals surface area contributed by atoms with E-state index in [0.717, 1.165) is 12.8 Å². The van der Waals surface area contributed by atoms with Crippen molar-refractivity contribution in [2.75, 3.05) is 13.1 Å². The topological polar surface area (TPSA) is 40.5 Å². The molecule has 1 heterocycles. The van der Waals surface area contributed by atoms with E-state index in [4.69, 9.17) is 0 Å². The quantitative estimate of drug-likeness (QED) is 0.847. The molecule has 1 saturated heterocycles. The summed E-state index contributed by atoms with van der Waals surface area (Å²) in [4.78, 5) is 14.2. The second-order valence-corrected chi connectivity index (χ2v) is 6.99. The molecule has 1 N–H and O–H groups in total. The summed E-state index contributed by atoms with van der Waals surface area (Å²) in [5, 5.41) is 9.87. The van der Waals surface area contributed by atoms with Crippen LogP contribution in [0.1, 0.15) is 23.2 Å². The van der Waals surface area contributed by atoms with Crippen LogP contribution in [-0.4, -0.2) is 40.6 Å². The first-order valence-corrected chi connectivity index (χ1v) is 7.98. The van der Waals surface area contributed by atoms with Crippen molar-refractivity contribution in [3.63, 3.8) is 0 Å². The van der Waals surface area contributed by atoms with Crippen molar-refractivity contribution >= 4 is 17.7 Å². The van der Waals surface area contributed by atoms with Crippen LogP contribution < -0.4 is 0 Å². The van der Waals surface area contributed by atoms with E-state index in [1.807, 2.05) is 0 Å². The largest absolute Gasteiger partial charge is 0.446 e. The zero-order chi connectivity index (χ0) is 15.9. The first-order valence-electron chi connectivity index (χ1n) is 7.16. The number of amides is 1. The number of alkyl halides is 3. The van der Waals surface area contributed by atoms with Crippen LogP contribution in [0.25, 0.3) is 0 Å². The van der Waals surface area contributed by atoms with Gasteiger partial charge in [-0.3, -0.25) is 4.79 Å². The maximum atomic E-state index is 12.4. The number of carbonyl (C=O) groups is 1. The third kappa shape index (κ3) is 3.25. The van der Waals surface area contributed by atoms with Crippen molar-refractivity contribution in [2.45, 2.75) is 29.3 Å². The van der Waals surface area contributed by atoms with E-state index in [-0.39, 0.29) is 34.6 Å². The van der Waals surface area contributed by atoms with Gasteiger partial charge in [0.2, 0.25) is 0 Å². The van der Waals surface area contributed by atoms with Crippen molar-refractivity contribution in [3.05, 3.63) is 29.8 Å². The Balaban J connectivity index is 1.66. The molecule has 1 aromatic rings. The number of hydrogen-bond acceptors (Lipinski definition) is 3. The number of benzene rings is 1. The Morgan fingerprint density at radius 1 is 1.18 bits per heavy atom. The third-order valence-corrected chi connectivity index (χ3v) is 5.18. The van der Waals surface area contributed by atoms with Gasteiger partial charge in [-0.1, -0.05) is 0 Å². The molecule has 0 spiro atoms. The van der Waals surface area contributed by atoms with Crippen LogP contribution >= 0.6 is 11.8 Å². The van der Waals surface area contributed by atoms with E-state index < -0.39 is 5.51 Å². The van der Waals surface area contributed by atoms with Gasteiger partial charge >= 0.3 is 5.51 Å². The molecule has 0 radical (unpaired) electrons. The Morgan fingerprint density at radius 2 is 1.86 bits per heavy atom. The van der Waals surface area contributed by atoms with Crippen LogP contribution in [-0.2, 0) is 0 Å². The maximum Gasteiger partial charge on any atom is 0.446 e. The van der Waals surface area contributed by atoms with Gasteiger partial charge in [0.1, 0.15) is 0 Å². The number of fused-ring (bicyclic) bond motifs is 1. The monoisotopic (exact) mass is 331 g/mol. The molecule has 2 aliphatic rings. The van der Waals surface area contributed by atoms with E-state index in [2.05, 4.69) is 0 Å². The molecular weight excluding hydrogens is 315 g/mol. The van der Waals surface area contributed by atoms with Crippen LogP contribution in [0.4, 0.5) is 13.2 Å². The summed E-state index contributed by atoms with van der Waals surface area (Å²) < 4.78 is 36.8. The first-order chi connectivity index (χ1) is 10.3. The molecule has 0 bridgehead atoms.